The summed E-state index contributed by atoms with van der Waals surface area (Å²) in [7, 11) is 0. The van der Waals surface area contributed by atoms with E-state index in [4.69, 9.17) is 19.6 Å². The standard InChI is InChI=1S/C20H20N2O5/c1-2-26-20(24)15-10-14-17(23)13-9-12(11-5-7-25-8-6-11)3-4-16(13)27-19(14)22-18(15)21/h3-4,9-11H,2,5-8H2,1H3,(H2,21,22). The molecule has 2 N–H and O–H groups in total. The van der Waals surface area contributed by atoms with E-state index in [0.29, 0.717) is 16.9 Å². The maximum absolute atomic E-state index is 13.0. The Kier molecular flexibility index (Phi) is 4.53. The fourth-order valence-corrected chi connectivity index (χ4v) is 3.47. The molecule has 0 saturated carbocycles. The quantitative estimate of drug-likeness (QED) is 0.560. The molecular formula is C20H20N2O5. The van der Waals surface area contributed by atoms with Crippen LogP contribution in [0.5, 0.6) is 0 Å². The number of rotatable bonds is 3. The van der Waals surface area contributed by atoms with Gasteiger partial charge in [0.05, 0.1) is 17.4 Å². The van der Waals surface area contributed by atoms with E-state index in [9.17, 15) is 9.59 Å². The largest absolute Gasteiger partial charge is 0.462 e. The Balaban J connectivity index is 1.88. The number of hydrogen-bond donors (Lipinski definition) is 1. The van der Waals surface area contributed by atoms with Gasteiger partial charge < -0.3 is 19.6 Å². The van der Waals surface area contributed by atoms with Gasteiger partial charge >= 0.3 is 5.97 Å². The Labute approximate surface area is 155 Å². The van der Waals surface area contributed by atoms with Crippen LogP contribution in [0.3, 0.4) is 0 Å². The second-order valence-electron chi connectivity index (χ2n) is 6.57. The lowest BCUT2D eigenvalue weighted by Gasteiger charge is -2.22. The number of carbonyl (C=O) groups excluding carboxylic acids is 1. The number of benzene rings is 1. The monoisotopic (exact) mass is 368 g/mol. The molecule has 1 aromatic carbocycles. The molecule has 2 aromatic heterocycles. The average Bonchev–Trinajstić information content (AvgIpc) is 2.68. The molecule has 0 radical (unpaired) electrons. The lowest BCUT2D eigenvalue weighted by Crippen LogP contribution is -2.15. The van der Waals surface area contributed by atoms with Gasteiger partial charge in [-0.1, -0.05) is 6.07 Å². The van der Waals surface area contributed by atoms with Crippen molar-refractivity contribution in [1.82, 2.24) is 4.98 Å². The molecule has 0 atom stereocenters. The summed E-state index contributed by atoms with van der Waals surface area (Å²) < 4.78 is 16.2. The molecule has 0 aliphatic carbocycles. The second-order valence-corrected chi connectivity index (χ2v) is 6.57. The first-order chi connectivity index (χ1) is 13.1. The van der Waals surface area contributed by atoms with Crippen molar-refractivity contribution in [1.29, 1.82) is 0 Å². The zero-order valence-electron chi connectivity index (χ0n) is 15.0. The van der Waals surface area contributed by atoms with Crippen LogP contribution in [0.1, 0.15) is 41.6 Å². The van der Waals surface area contributed by atoms with Gasteiger partial charge in [0.15, 0.2) is 0 Å². The normalized spacial score (nSPS) is 15.3. The van der Waals surface area contributed by atoms with E-state index in [1.165, 1.54) is 6.07 Å². The third-order valence-electron chi connectivity index (χ3n) is 4.90. The first-order valence-electron chi connectivity index (χ1n) is 9.00. The van der Waals surface area contributed by atoms with Crippen molar-refractivity contribution in [3.8, 4) is 0 Å². The molecule has 0 unspecified atom stereocenters. The van der Waals surface area contributed by atoms with Gasteiger partial charge in [-0.15, -0.1) is 0 Å². The number of nitrogens with two attached hydrogens (primary N) is 1. The summed E-state index contributed by atoms with van der Waals surface area (Å²) >= 11 is 0. The van der Waals surface area contributed by atoms with E-state index in [-0.39, 0.29) is 34.5 Å². The van der Waals surface area contributed by atoms with Crippen LogP contribution < -0.4 is 11.2 Å². The van der Waals surface area contributed by atoms with Crippen molar-refractivity contribution in [2.45, 2.75) is 25.7 Å². The molecule has 3 heterocycles. The van der Waals surface area contributed by atoms with E-state index in [1.807, 2.05) is 12.1 Å². The van der Waals surface area contributed by atoms with Gasteiger partial charge in [-0.2, -0.15) is 4.98 Å². The Morgan fingerprint density at radius 3 is 2.78 bits per heavy atom. The maximum atomic E-state index is 13.0. The van der Waals surface area contributed by atoms with Crippen molar-refractivity contribution >= 4 is 33.9 Å². The molecule has 1 aliphatic rings. The van der Waals surface area contributed by atoms with Crippen molar-refractivity contribution in [2.75, 3.05) is 25.6 Å². The highest BCUT2D eigenvalue weighted by atomic mass is 16.5. The molecule has 3 aromatic rings. The number of anilines is 1. The van der Waals surface area contributed by atoms with Gasteiger partial charge in [-0.25, -0.2) is 4.79 Å². The molecule has 7 heteroatoms. The highest BCUT2D eigenvalue weighted by molar-refractivity contribution is 5.99. The Morgan fingerprint density at radius 1 is 1.26 bits per heavy atom. The van der Waals surface area contributed by atoms with Gasteiger partial charge in [-0.3, -0.25) is 4.79 Å². The number of aromatic nitrogens is 1. The molecule has 1 saturated heterocycles. The summed E-state index contributed by atoms with van der Waals surface area (Å²) in [6.07, 6.45) is 1.85. The summed E-state index contributed by atoms with van der Waals surface area (Å²) in [5, 5.41) is 0.678. The van der Waals surface area contributed by atoms with E-state index in [0.717, 1.165) is 31.6 Å². The number of nitrogens with zero attached hydrogens (tertiary/aromatic N) is 1. The van der Waals surface area contributed by atoms with Gasteiger partial charge in [0.1, 0.15) is 17.0 Å². The van der Waals surface area contributed by atoms with Crippen LogP contribution in [-0.2, 0) is 9.47 Å². The van der Waals surface area contributed by atoms with Crippen molar-refractivity contribution in [2.24, 2.45) is 0 Å². The lowest BCUT2D eigenvalue weighted by molar-refractivity contribution is 0.0527. The van der Waals surface area contributed by atoms with E-state index in [1.54, 1.807) is 13.0 Å². The van der Waals surface area contributed by atoms with E-state index < -0.39 is 5.97 Å². The summed E-state index contributed by atoms with van der Waals surface area (Å²) in [5.74, 6) is -0.278. The molecule has 4 rings (SSSR count). The van der Waals surface area contributed by atoms with Gasteiger partial charge in [0, 0.05) is 13.2 Å². The highest BCUT2D eigenvalue weighted by Gasteiger charge is 2.20. The topological polar surface area (TPSA) is 105 Å². The SMILES string of the molecule is CCOC(=O)c1cc2c(=O)c3cc(C4CCOCC4)ccc3oc2nc1N. The lowest BCUT2D eigenvalue weighted by atomic mass is 9.91. The second kappa shape index (κ2) is 7.00. The van der Waals surface area contributed by atoms with Crippen molar-refractivity contribution < 1.29 is 18.7 Å². The summed E-state index contributed by atoms with van der Waals surface area (Å²) in [5.41, 5.74) is 7.32. The van der Waals surface area contributed by atoms with Crippen LogP contribution >= 0.6 is 0 Å². The number of carbonyl (C=O) groups is 1. The first kappa shape index (κ1) is 17.5. The maximum Gasteiger partial charge on any atom is 0.341 e. The van der Waals surface area contributed by atoms with Gasteiger partial charge in [0.2, 0.25) is 11.1 Å². The minimum absolute atomic E-state index is 0.0257. The number of esters is 1. The molecular weight excluding hydrogens is 348 g/mol. The Bertz CT molecular complexity index is 1080. The zero-order valence-corrected chi connectivity index (χ0v) is 15.0. The molecule has 140 valence electrons. The molecule has 27 heavy (non-hydrogen) atoms. The molecule has 1 fully saturated rings. The molecule has 1 aliphatic heterocycles. The van der Waals surface area contributed by atoms with Crippen molar-refractivity contribution in [3.63, 3.8) is 0 Å². The minimum Gasteiger partial charge on any atom is -0.462 e. The fraction of sp³-hybridized carbons (Fsp3) is 0.350. The van der Waals surface area contributed by atoms with Gasteiger partial charge in [0.25, 0.3) is 0 Å². The number of fused-ring (bicyclic) bond motifs is 2. The smallest absolute Gasteiger partial charge is 0.341 e. The van der Waals surface area contributed by atoms with Gasteiger partial charge in [-0.05, 0) is 49.4 Å². The van der Waals surface area contributed by atoms with Crippen LogP contribution in [0, 0.1) is 0 Å². The van der Waals surface area contributed by atoms with Crippen LogP contribution in [0.25, 0.3) is 22.1 Å². The van der Waals surface area contributed by atoms with Crippen LogP contribution in [0.2, 0.25) is 0 Å². The molecule has 7 nitrogen and oxygen atoms in total. The summed E-state index contributed by atoms with van der Waals surface area (Å²) in [6.45, 7) is 3.35. The highest BCUT2D eigenvalue weighted by Crippen LogP contribution is 2.29. The third kappa shape index (κ3) is 3.14. The molecule has 0 spiro atoms. The number of pyridine rings is 1. The predicted octanol–water partition coefficient (Wildman–Crippen LogP) is 2.99. The number of hydrogen-bond acceptors (Lipinski definition) is 7. The van der Waals surface area contributed by atoms with Crippen LogP contribution in [0.15, 0.2) is 33.5 Å². The minimum atomic E-state index is -0.611. The molecule has 0 amide bonds. The summed E-state index contributed by atoms with van der Waals surface area (Å²) in [4.78, 5) is 29.2. The number of nitrogen functional groups attached to an aromatic ring is 1. The zero-order chi connectivity index (χ0) is 19.0. The van der Waals surface area contributed by atoms with E-state index in [2.05, 4.69) is 4.98 Å². The molecule has 0 bridgehead atoms. The van der Waals surface area contributed by atoms with Crippen LogP contribution in [-0.4, -0.2) is 30.8 Å². The summed E-state index contributed by atoms with van der Waals surface area (Å²) in [6, 6.07) is 7.04. The van der Waals surface area contributed by atoms with Crippen molar-refractivity contribution in [3.05, 3.63) is 45.6 Å². The Morgan fingerprint density at radius 2 is 2.04 bits per heavy atom. The predicted molar refractivity (Wildman–Crippen MR) is 101 cm³/mol. The third-order valence-corrected chi connectivity index (χ3v) is 4.90. The first-order valence-corrected chi connectivity index (χ1v) is 9.00. The van der Waals surface area contributed by atoms with E-state index >= 15 is 0 Å². The van der Waals surface area contributed by atoms with Crippen LogP contribution in [0.4, 0.5) is 5.82 Å². The average molecular weight is 368 g/mol. The Hall–Kier alpha value is -2.93. The number of ether oxygens (including phenoxy) is 2. The fourth-order valence-electron chi connectivity index (χ4n) is 3.47.